The summed E-state index contributed by atoms with van der Waals surface area (Å²) in [4.78, 5) is 10.7. The molecular formula is C9H9BrFNO3. The summed E-state index contributed by atoms with van der Waals surface area (Å²) in [6.45, 7) is -0.157. The number of hydrogen-bond acceptors (Lipinski definition) is 3. The third-order valence-corrected chi connectivity index (χ3v) is 2.75. The minimum absolute atomic E-state index is 0.0904. The van der Waals surface area contributed by atoms with Crippen LogP contribution in [0.15, 0.2) is 16.6 Å². The Morgan fingerprint density at radius 1 is 1.60 bits per heavy atom. The van der Waals surface area contributed by atoms with Gasteiger partial charge in [0.15, 0.2) is 0 Å². The Labute approximate surface area is 93.6 Å². The van der Waals surface area contributed by atoms with E-state index in [1.165, 1.54) is 6.07 Å². The topological polar surface area (TPSA) is 83.6 Å². The Kier molecular flexibility index (Phi) is 3.65. The van der Waals surface area contributed by atoms with Crippen LogP contribution in [0.1, 0.15) is 11.5 Å². The summed E-state index contributed by atoms with van der Waals surface area (Å²) < 4.78 is 13.1. The number of phenolic OH excluding ortho intramolecular Hbond substituents is 1. The Hall–Kier alpha value is -1.14. The van der Waals surface area contributed by atoms with Crippen molar-refractivity contribution in [3.8, 4) is 5.75 Å². The Morgan fingerprint density at radius 2 is 2.20 bits per heavy atom. The van der Waals surface area contributed by atoms with E-state index in [0.29, 0.717) is 0 Å². The molecule has 0 radical (unpaired) electrons. The fourth-order valence-corrected chi connectivity index (χ4v) is 1.40. The highest BCUT2D eigenvalue weighted by Crippen LogP contribution is 2.30. The van der Waals surface area contributed by atoms with Crippen molar-refractivity contribution in [3.63, 3.8) is 0 Å². The van der Waals surface area contributed by atoms with Crippen LogP contribution in [-0.2, 0) is 4.79 Å². The van der Waals surface area contributed by atoms with Gasteiger partial charge in [-0.05, 0) is 33.6 Å². The van der Waals surface area contributed by atoms with Crippen molar-refractivity contribution >= 4 is 21.9 Å². The number of benzene rings is 1. The summed E-state index contributed by atoms with van der Waals surface area (Å²) in [5, 5.41) is 18.1. The highest BCUT2D eigenvalue weighted by molar-refractivity contribution is 9.10. The summed E-state index contributed by atoms with van der Waals surface area (Å²) in [5.41, 5.74) is 5.39. The molecule has 1 rings (SSSR count). The SMILES string of the molecule is NCC(C(=O)O)c1cc(O)c(Br)c(F)c1. The van der Waals surface area contributed by atoms with Gasteiger partial charge in [-0.2, -0.15) is 0 Å². The minimum Gasteiger partial charge on any atom is -0.507 e. The molecule has 0 spiro atoms. The molecule has 4 nitrogen and oxygen atoms in total. The molecule has 0 aliphatic carbocycles. The van der Waals surface area contributed by atoms with Crippen LogP contribution in [0, 0.1) is 5.82 Å². The van der Waals surface area contributed by atoms with E-state index in [9.17, 15) is 14.3 Å². The number of carboxylic acids is 1. The number of halogens is 2. The molecule has 0 saturated carbocycles. The first-order valence-corrected chi connectivity index (χ1v) is 4.87. The van der Waals surface area contributed by atoms with Crippen LogP contribution in [-0.4, -0.2) is 22.7 Å². The Morgan fingerprint density at radius 3 is 2.60 bits per heavy atom. The molecule has 0 aromatic heterocycles. The normalized spacial score (nSPS) is 12.5. The average Bonchev–Trinajstić information content (AvgIpc) is 2.14. The minimum atomic E-state index is -1.15. The number of phenols is 1. The molecule has 0 bridgehead atoms. The zero-order chi connectivity index (χ0) is 11.6. The van der Waals surface area contributed by atoms with Gasteiger partial charge in [0.1, 0.15) is 11.6 Å². The molecule has 0 saturated heterocycles. The van der Waals surface area contributed by atoms with E-state index >= 15 is 0 Å². The molecule has 0 fully saturated rings. The van der Waals surface area contributed by atoms with E-state index in [0.717, 1.165) is 6.07 Å². The zero-order valence-electron chi connectivity index (χ0n) is 7.58. The number of hydrogen-bond donors (Lipinski definition) is 3. The van der Waals surface area contributed by atoms with Gasteiger partial charge in [-0.3, -0.25) is 4.79 Å². The molecule has 6 heteroatoms. The van der Waals surface area contributed by atoms with Crippen molar-refractivity contribution < 1.29 is 19.4 Å². The zero-order valence-corrected chi connectivity index (χ0v) is 9.16. The molecule has 1 aromatic carbocycles. The number of aromatic hydroxyl groups is 1. The van der Waals surface area contributed by atoms with Crippen LogP contribution in [0.5, 0.6) is 5.75 Å². The maximum Gasteiger partial charge on any atom is 0.312 e. The van der Waals surface area contributed by atoms with Gasteiger partial charge in [-0.25, -0.2) is 4.39 Å². The van der Waals surface area contributed by atoms with Gasteiger partial charge in [0.05, 0.1) is 10.4 Å². The fourth-order valence-electron chi connectivity index (χ4n) is 1.18. The second-order valence-corrected chi connectivity index (χ2v) is 3.76. The lowest BCUT2D eigenvalue weighted by molar-refractivity contribution is -0.138. The highest BCUT2D eigenvalue weighted by atomic mass is 79.9. The maximum absolute atomic E-state index is 13.2. The predicted octanol–water partition coefficient (Wildman–Crippen LogP) is 1.42. The van der Waals surface area contributed by atoms with Crippen LogP contribution < -0.4 is 5.73 Å². The maximum atomic E-state index is 13.2. The number of aliphatic carboxylic acids is 1. The molecule has 1 aromatic rings. The van der Waals surface area contributed by atoms with E-state index in [4.69, 9.17) is 10.8 Å². The van der Waals surface area contributed by atoms with Gasteiger partial charge in [0.25, 0.3) is 0 Å². The molecule has 0 aliphatic heterocycles. The fraction of sp³-hybridized carbons (Fsp3) is 0.222. The lowest BCUT2D eigenvalue weighted by atomic mass is 9.99. The molecule has 15 heavy (non-hydrogen) atoms. The highest BCUT2D eigenvalue weighted by Gasteiger charge is 2.20. The van der Waals surface area contributed by atoms with Crippen molar-refractivity contribution in [2.75, 3.05) is 6.54 Å². The van der Waals surface area contributed by atoms with E-state index in [2.05, 4.69) is 15.9 Å². The smallest absolute Gasteiger partial charge is 0.312 e. The van der Waals surface area contributed by atoms with Crippen molar-refractivity contribution in [3.05, 3.63) is 28.0 Å². The van der Waals surface area contributed by atoms with E-state index in [1.54, 1.807) is 0 Å². The number of nitrogens with two attached hydrogens (primary N) is 1. The lowest BCUT2D eigenvalue weighted by Crippen LogP contribution is -2.21. The van der Waals surface area contributed by atoms with Crippen molar-refractivity contribution in [1.82, 2.24) is 0 Å². The molecule has 0 heterocycles. The van der Waals surface area contributed by atoms with Crippen LogP contribution in [0.3, 0.4) is 0 Å². The number of carboxylic acid groups (broad SMARTS) is 1. The summed E-state index contributed by atoms with van der Waals surface area (Å²) in [5.74, 6) is -3.23. The molecular weight excluding hydrogens is 269 g/mol. The standard InChI is InChI=1S/C9H9BrFNO3/c10-8-6(11)1-4(2-7(8)13)5(3-12)9(14)15/h1-2,5,13H,3,12H2,(H,14,15). The van der Waals surface area contributed by atoms with Crippen molar-refractivity contribution in [2.45, 2.75) is 5.92 Å². The predicted molar refractivity (Wildman–Crippen MR) is 55.2 cm³/mol. The quantitative estimate of drug-likeness (QED) is 0.780. The monoisotopic (exact) mass is 277 g/mol. The average molecular weight is 278 g/mol. The van der Waals surface area contributed by atoms with E-state index in [1.807, 2.05) is 0 Å². The van der Waals surface area contributed by atoms with Gasteiger partial charge >= 0.3 is 5.97 Å². The lowest BCUT2D eigenvalue weighted by Gasteiger charge is -2.11. The molecule has 0 aliphatic rings. The van der Waals surface area contributed by atoms with Crippen LogP contribution in [0.2, 0.25) is 0 Å². The first kappa shape index (κ1) is 11.9. The summed E-state index contributed by atoms with van der Waals surface area (Å²) in [6.07, 6.45) is 0. The van der Waals surface area contributed by atoms with Gasteiger partial charge in [0.2, 0.25) is 0 Å². The van der Waals surface area contributed by atoms with E-state index in [-0.39, 0.29) is 22.3 Å². The van der Waals surface area contributed by atoms with Gasteiger partial charge in [-0.1, -0.05) is 0 Å². The van der Waals surface area contributed by atoms with Crippen molar-refractivity contribution in [2.24, 2.45) is 5.73 Å². The first-order valence-electron chi connectivity index (χ1n) is 4.08. The third-order valence-electron chi connectivity index (χ3n) is 1.97. The van der Waals surface area contributed by atoms with Gasteiger partial charge in [-0.15, -0.1) is 0 Å². The van der Waals surface area contributed by atoms with Crippen LogP contribution in [0.4, 0.5) is 4.39 Å². The van der Waals surface area contributed by atoms with Gasteiger partial charge < -0.3 is 15.9 Å². The summed E-state index contributed by atoms with van der Waals surface area (Å²) >= 11 is 2.82. The second-order valence-electron chi connectivity index (χ2n) is 2.96. The van der Waals surface area contributed by atoms with E-state index < -0.39 is 17.7 Å². The molecule has 0 amide bonds. The first-order chi connectivity index (χ1) is 6.97. The van der Waals surface area contributed by atoms with Crippen LogP contribution >= 0.6 is 15.9 Å². The third kappa shape index (κ3) is 2.45. The number of rotatable bonds is 3. The summed E-state index contributed by atoms with van der Waals surface area (Å²) in [6, 6.07) is 2.22. The second kappa shape index (κ2) is 4.59. The largest absolute Gasteiger partial charge is 0.507 e. The molecule has 1 unspecified atom stereocenters. The summed E-state index contributed by atoms with van der Waals surface area (Å²) in [7, 11) is 0. The van der Waals surface area contributed by atoms with Gasteiger partial charge in [0, 0.05) is 6.54 Å². The Bertz CT molecular complexity index is 374. The molecule has 4 N–H and O–H groups in total. The van der Waals surface area contributed by atoms with Crippen molar-refractivity contribution in [1.29, 1.82) is 0 Å². The Balaban J connectivity index is 3.20. The number of carbonyl (C=O) groups is 1. The molecule has 1 atom stereocenters. The molecule has 82 valence electrons. The van der Waals surface area contributed by atoms with Crippen LogP contribution in [0.25, 0.3) is 0 Å².